The van der Waals surface area contributed by atoms with E-state index in [9.17, 15) is 0 Å². The molecule has 1 aliphatic rings. The lowest BCUT2D eigenvalue weighted by molar-refractivity contribution is 1.44. The molecule has 100 valence electrons. The van der Waals surface area contributed by atoms with Crippen LogP contribution in [0.2, 0.25) is 0 Å². The quantitative estimate of drug-likeness (QED) is 0.377. The molecule has 0 atom stereocenters. The summed E-state index contributed by atoms with van der Waals surface area (Å²) in [6, 6.07) is 23.8. The van der Waals surface area contributed by atoms with Gasteiger partial charge >= 0.3 is 0 Å². The molecule has 1 aliphatic carbocycles. The predicted molar refractivity (Wildman–Crippen MR) is 91.0 cm³/mol. The van der Waals surface area contributed by atoms with Crippen molar-refractivity contribution in [3.63, 3.8) is 0 Å². The molecule has 0 heterocycles. The maximum absolute atomic E-state index is 2.23. The molecule has 0 bridgehead atoms. The van der Waals surface area contributed by atoms with Crippen LogP contribution in [-0.2, 0) is 0 Å². The zero-order chi connectivity index (χ0) is 14.2. The normalized spacial score (nSPS) is 11.9. The third-order valence-corrected chi connectivity index (χ3v) is 4.20. The van der Waals surface area contributed by atoms with E-state index in [1.807, 2.05) is 0 Å². The topological polar surface area (TPSA) is 0 Å². The van der Waals surface area contributed by atoms with Crippen molar-refractivity contribution in [1.82, 2.24) is 0 Å². The zero-order valence-electron chi connectivity index (χ0n) is 12.0. The summed E-state index contributed by atoms with van der Waals surface area (Å²) in [7, 11) is 0. The number of hydrogen-bond acceptors (Lipinski definition) is 0. The van der Waals surface area contributed by atoms with Crippen LogP contribution in [0.5, 0.6) is 0 Å². The van der Waals surface area contributed by atoms with Gasteiger partial charge in [0.1, 0.15) is 0 Å². The molecule has 0 unspecified atom stereocenters. The zero-order valence-corrected chi connectivity index (χ0v) is 12.0. The van der Waals surface area contributed by atoms with E-state index in [-0.39, 0.29) is 0 Å². The molecule has 3 aromatic carbocycles. The lowest BCUT2D eigenvalue weighted by Gasteiger charge is -2.19. The second-order valence-corrected chi connectivity index (χ2v) is 5.51. The van der Waals surface area contributed by atoms with Crippen LogP contribution in [0.25, 0.3) is 34.4 Å². The molecular weight excluding hydrogens is 252 g/mol. The molecule has 0 aliphatic heterocycles. The smallest absolute Gasteiger partial charge is 0.00699 e. The monoisotopic (exact) mass is 268 g/mol. The molecule has 4 rings (SSSR count). The SMILES string of the molecule is Cc1cccc2c1-c1ccccc1C=Cc1ccccc1-2. The summed E-state index contributed by atoms with van der Waals surface area (Å²) in [4.78, 5) is 0. The summed E-state index contributed by atoms with van der Waals surface area (Å²) in [6.45, 7) is 2.20. The molecule has 0 fully saturated rings. The molecule has 0 radical (unpaired) electrons. The first-order valence-corrected chi connectivity index (χ1v) is 7.31. The summed E-state index contributed by atoms with van der Waals surface area (Å²) >= 11 is 0. The highest BCUT2D eigenvalue weighted by atomic mass is 14.2. The van der Waals surface area contributed by atoms with Gasteiger partial charge in [0, 0.05) is 0 Å². The Morgan fingerprint density at radius 2 is 1.10 bits per heavy atom. The maximum Gasteiger partial charge on any atom is -0.00699 e. The summed E-state index contributed by atoms with van der Waals surface area (Å²) < 4.78 is 0. The van der Waals surface area contributed by atoms with Crippen molar-refractivity contribution in [3.8, 4) is 22.3 Å². The Labute approximate surface area is 125 Å². The second kappa shape index (κ2) is 4.75. The van der Waals surface area contributed by atoms with Crippen molar-refractivity contribution in [2.45, 2.75) is 6.92 Å². The van der Waals surface area contributed by atoms with Crippen LogP contribution in [0.1, 0.15) is 16.7 Å². The Hall–Kier alpha value is -2.60. The van der Waals surface area contributed by atoms with Crippen molar-refractivity contribution in [1.29, 1.82) is 0 Å². The molecule has 0 N–H and O–H groups in total. The van der Waals surface area contributed by atoms with Crippen molar-refractivity contribution in [2.24, 2.45) is 0 Å². The van der Waals surface area contributed by atoms with E-state index in [1.165, 1.54) is 38.9 Å². The van der Waals surface area contributed by atoms with E-state index >= 15 is 0 Å². The Balaban J connectivity index is 2.17. The van der Waals surface area contributed by atoms with Crippen molar-refractivity contribution >= 4 is 12.2 Å². The van der Waals surface area contributed by atoms with Crippen molar-refractivity contribution in [2.75, 3.05) is 0 Å². The van der Waals surface area contributed by atoms with Crippen molar-refractivity contribution in [3.05, 3.63) is 83.4 Å². The van der Waals surface area contributed by atoms with Crippen LogP contribution in [0.4, 0.5) is 0 Å². The van der Waals surface area contributed by atoms with E-state index < -0.39 is 0 Å². The van der Waals surface area contributed by atoms with E-state index in [4.69, 9.17) is 0 Å². The number of hydrogen-bond donors (Lipinski definition) is 0. The highest BCUT2D eigenvalue weighted by molar-refractivity contribution is 5.96. The highest BCUT2D eigenvalue weighted by Crippen LogP contribution is 2.40. The minimum atomic E-state index is 1.28. The van der Waals surface area contributed by atoms with Crippen LogP contribution >= 0.6 is 0 Å². The molecule has 0 aromatic heterocycles. The van der Waals surface area contributed by atoms with E-state index in [0.29, 0.717) is 0 Å². The van der Waals surface area contributed by atoms with Crippen molar-refractivity contribution < 1.29 is 0 Å². The first kappa shape index (κ1) is 12.2. The Morgan fingerprint density at radius 3 is 1.86 bits per heavy atom. The van der Waals surface area contributed by atoms with Gasteiger partial charge in [0.2, 0.25) is 0 Å². The van der Waals surface area contributed by atoms with Crippen LogP contribution in [0.15, 0.2) is 66.7 Å². The minimum Gasteiger partial charge on any atom is -0.0616 e. The minimum absolute atomic E-state index is 1.28. The summed E-state index contributed by atoms with van der Waals surface area (Å²) in [5.74, 6) is 0. The van der Waals surface area contributed by atoms with Crippen LogP contribution < -0.4 is 0 Å². The molecule has 21 heavy (non-hydrogen) atoms. The Morgan fingerprint density at radius 1 is 0.524 bits per heavy atom. The lowest BCUT2D eigenvalue weighted by Crippen LogP contribution is -1.95. The largest absolute Gasteiger partial charge is 0.0616 e. The van der Waals surface area contributed by atoms with E-state index in [1.54, 1.807) is 0 Å². The van der Waals surface area contributed by atoms with Gasteiger partial charge < -0.3 is 0 Å². The fourth-order valence-corrected chi connectivity index (χ4v) is 3.19. The average molecular weight is 268 g/mol. The van der Waals surface area contributed by atoms with E-state index in [2.05, 4.69) is 85.8 Å². The lowest BCUT2D eigenvalue weighted by atomic mass is 9.85. The molecule has 0 heteroatoms. The van der Waals surface area contributed by atoms with Crippen LogP contribution in [-0.4, -0.2) is 0 Å². The third-order valence-electron chi connectivity index (χ3n) is 4.20. The molecule has 0 saturated heterocycles. The highest BCUT2D eigenvalue weighted by Gasteiger charge is 2.15. The number of aryl methyl sites for hydroxylation is 1. The maximum atomic E-state index is 2.23. The standard InChI is InChI=1S/C21H16/c1-15-7-6-12-20-18-10-4-2-8-16(18)13-14-17-9-3-5-11-19(17)21(15)20/h2-14H,1H3. The molecule has 0 spiro atoms. The van der Waals surface area contributed by atoms with Gasteiger partial charge in [-0.05, 0) is 45.9 Å². The molecular formula is C21H16. The van der Waals surface area contributed by atoms with Crippen LogP contribution in [0, 0.1) is 6.92 Å². The summed E-state index contributed by atoms with van der Waals surface area (Å²) in [6.07, 6.45) is 4.45. The van der Waals surface area contributed by atoms with Gasteiger partial charge in [-0.3, -0.25) is 0 Å². The number of benzene rings is 3. The van der Waals surface area contributed by atoms with Gasteiger partial charge in [-0.2, -0.15) is 0 Å². The Kier molecular flexibility index (Phi) is 2.75. The van der Waals surface area contributed by atoms with Gasteiger partial charge in [-0.1, -0.05) is 78.9 Å². The molecule has 0 nitrogen and oxygen atoms in total. The van der Waals surface area contributed by atoms with Gasteiger partial charge in [-0.15, -0.1) is 0 Å². The first-order valence-electron chi connectivity index (χ1n) is 7.31. The summed E-state index contributed by atoms with van der Waals surface area (Å²) in [5.41, 5.74) is 9.18. The first-order chi connectivity index (χ1) is 10.3. The number of fused-ring (bicyclic) bond motifs is 5. The van der Waals surface area contributed by atoms with Crippen LogP contribution in [0.3, 0.4) is 0 Å². The fraction of sp³-hybridized carbons (Fsp3) is 0.0476. The van der Waals surface area contributed by atoms with E-state index in [0.717, 1.165) is 0 Å². The van der Waals surface area contributed by atoms with Gasteiger partial charge in [-0.25, -0.2) is 0 Å². The predicted octanol–water partition coefficient (Wildman–Crippen LogP) is 5.81. The van der Waals surface area contributed by atoms with Gasteiger partial charge in [0.05, 0.1) is 0 Å². The molecule has 0 amide bonds. The summed E-state index contributed by atoms with van der Waals surface area (Å²) in [5, 5.41) is 0. The van der Waals surface area contributed by atoms with Gasteiger partial charge in [0.25, 0.3) is 0 Å². The third kappa shape index (κ3) is 1.92. The number of rotatable bonds is 0. The second-order valence-electron chi connectivity index (χ2n) is 5.51. The fourth-order valence-electron chi connectivity index (χ4n) is 3.19. The Bertz CT molecular complexity index is 853. The average Bonchev–Trinajstić information content (AvgIpc) is 2.52. The molecule has 0 saturated carbocycles. The van der Waals surface area contributed by atoms with Gasteiger partial charge in [0.15, 0.2) is 0 Å². The molecule has 3 aromatic rings.